The van der Waals surface area contributed by atoms with Crippen molar-refractivity contribution in [2.45, 2.75) is 72.2 Å². The molecule has 0 radical (unpaired) electrons. The van der Waals surface area contributed by atoms with Crippen molar-refractivity contribution in [1.29, 1.82) is 0 Å². The van der Waals surface area contributed by atoms with Crippen molar-refractivity contribution in [2.24, 2.45) is 0 Å². The second-order valence-corrected chi connectivity index (χ2v) is 6.24. The molecule has 1 unspecified atom stereocenters. The molecule has 106 valence electrons. The standard InChI is InChI=1S/C14H26O4/c1-10(2)12(15)16-11(3)9-14(7,8)18-17-13(4,5)6/h11H,1,9H2,2-8H3. The molecule has 4 heteroatoms. The zero-order valence-corrected chi connectivity index (χ0v) is 12.6. The van der Waals surface area contributed by atoms with E-state index in [1.165, 1.54) is 0 Å². The van der Waals surface area contributed by atoms with E-state index in [0.29, 0.717) is 12.0 Å². The van der Waals surface area contributed by atoms with Gasteiger partial charge >= 0.3 is 5.97 Å². The minimum Gasteiger partial charge on any atom is -0.459 e. The minimum atomic E-state index is -0.526. The second-order valence-electron chi connectivity index (χ2n) is 6.24. The van der Waals surface area contributed by atoms with Crippen molar-refractivity contribution in [1.82, 2.24) is 0 Å². The quantitative estimate of drug-likeness (QED) is 0.317. The smallest absolute Gasteiger partial charge is 0.333 e. The van der Waals surface area contributed by atoms with Crippen LogP contribution in [0.3, 0.4) is 0 Å². The maximum Gasteiger partial charge on any atom is 0.333 e. The summed E-state index contributed by atoms with van der Waals surface area (Å²) in [6.45, 7) is 16.5. The van der Waals surface area contributed by atoms with Gasteiger partial charge in [-0.15, -0.1) is 0 Å². The highest BCUT2D eigenvalue weighted by molar-refractivity contribution is 5.87. The van der Waals surface area contributed by atoms with Gasteiger partial charge < -0.3 is 4.74 Å². The summed E-state index contributed by atoms with van der Waals surface area (Å²) in [5.41, 5.74) is -0.497. The molecule has 0 saturated heterocycles. The molecule has 0 heterocycles. The van der Waals surface area contributed by atoms with Gasteiger partial charge in [0, 0.05) is 12.0 Å². The third-order valence-corrected chi connectivity index (χ3v) is 1.95. The van der Waals surface area contributed by atoms with Crippen LogP contribution in [0.1, 0.15) is 54.9 Å². The van der Waals surface area contributed by atoms with Crippen molar-refractivity contribution in [3.05, 3.63) is 12.2 Å². The predicted molar refractivity (Wildman–Crippen MR) is 71.0 cm³/mol. The Hall–Kier alpha value is -0.870. The van der Waals surface area contributed by atoms with Gasteiger partial charge in [0.2, 0.25) is 0 Å². The summed E-state index contributed by atoms with van der Waals surface area (Å²) in [7, 11) is 0. The zero-order valence-electron chi connectivity index (χ0n) is 12.6. The fourth-order valence-corrected chi connectivity index (χ4v) is 1.29. The summed E-state index contributed by atoms with van der Waals surface area (Å²) in [6.07, 6.45) is 0.287. The van der Waals surface area contributed by atoms with E-state index >= 15 is 0 Å². The van der Waals surface area contributed by atoms with Gasteiger partial charge in [-0.2, -0.15) is 0 Å². The van der Waals surface area contributed by atoms with E-state index in [0.717, 1.165) is 0 Å². The Bertz CT molecular complexity index is 299. The second kappa shape index (κ2) is 6.34. The van der Waals surface area contributed by atoms with Crippen molar-refractivity contribution >= 4 is 5.97 Å². The SMILES string of the molecule is C=C(C)C(=O)OC(C)CC(C)(C)OOC(C)(C)C. The fourth-order valence-electron chi connectivity index (χ4n) is 1.29. The lowest BCUT2D eigenvalue weighted by Gasteiger charge is -2.30. The first-order valence-electron chi connectivity index (χ1n) is 6.16. The molecule has 1 atom stereocenters. The van der Waals surface area contributed by atoms with E-state index in [1.807, 2.05) is 41.5 Å². The average Bonchev–Trinajstić information content (AvgIpc) is 2.12. The maximum atomic E-state index is 11.4. The van der Waals surface area contributed by atoms with E-state index in [2.05, 4.69) is 6.58 Å². The first-order valence-corrected chi connectivity index (χ1v) is 6.16. The number of rotatable bonds is 6. The Kier molecular flexibility index (Phi) is 6.04. The van der Waals surface area contributed by atoms with Crippen LogP contribution in [0.25, 0.3) is 0 Å². The van der Waals surface area contributed by atoms with Gasteiger partial charge in [0.15, 0.2) is 0 Å². The van der Waals surface area contributed by atoms with Crippen LogP contribution in [0.2, 0.25) is 0 Å². The lowest BCUT2D eigenvalue weighted by atomic mass is 10.0. The van der Waals surface area contributed by atoms with Crippen LogP contribution in [0.15, 0.2) is 12.2 Å². The summed E-state index contributed by atoms with van der Waals surface area (Å²) < 4.78 is 5.21. The normalized spacial score (nSPS) is 14.2. The summed E-state index contributed by atoms with van der Waals surface area (Å²) in [5, 5.41) is 0. The average molecular weight is 258 g/mol. The molecule has 0 aromatic carbocycles. The Morgan fingerprint density at radius 2 is 1.67 bits per heavy atom. The van der Waals surface area contributed by atoms with Gasteiger partial charge in [-0.05, 0) is 48.5 Å². The Morgan fingerprint density at radius 3 is 2.06 bits per heavy atom. The van der Waals surface area contributed by atoms with Gasteiger partial charge in [-0.25, -0.2) is 14.6 Å². The summed E-state index contributed by atoms with van der Waals surface area (Å²) in [5.74, 6) is -0.380. The number of hydrogen-bond acceptors (Lipinski definition) is 4. The van der Waals surface area contributed by atoms with E-state index in [9.17, 15) is 4.79 Å². The third kappa shape index (κ3) is 8.25. The lowest BCUT2D eigenvalue weighted by molar-refractivity contribution is -0.399. The monoisotopic (exact) mass is 258 g/mol. The van der Waals surface area contributed by atoms with Crippen LogP contribution < -0.4 is 0 Å². The highest BCUT2D eigenvalue weighted by Crippen LogP contribution is 2.22. The van der Waals surface area contributed by atoms with E-state index in [4.69, 9.17) is 14.5 Å². The molecule has 0 amide bonds. The minimum absolute atomic E-state index is 0.257. The third-order valence-electron chi connectivity index (χ3n) is 1.95. The molecule has 0 aromatic heterocycles. The van der Waals surface area contributed by atoms with Crippen LogP contribution in [0.4, 0.5) is 0 Å². The first kappa shape index (κ1) is 17.1. The predicted octanol–water partition coefficient (Wildman–Crippen LogP) is 3.41. The molecule has 4 nitrogen and oxygen atoms in total. The molecule has 18 heavy (non-hydrogen) atoms. The summed E-state index contributed by atoms with van der Waals surface area (Å²) in [6, 6.07) is 0. The zero-order chi connectivity index (χ0) is 14.6. The number of carbonyl (C=O) groups is 1. The maximum absolute atomic E-state index is 11.4. The van der Waals surface area contributed by atoms with Gasteiger partial charge in [0.25, 0.3) is 0 Å². The number of esters is 1. The van der Waals surface area contributed by atoms with Gasteiger partial charge in [-0.1, -0.05) is 6.58 Å². The summed E-state index contributed by atoms with van der Waals surface area (Å²) in [4.78, 5) is 22.0. The van der Waals surface area contributed by atoms with Gasteiger partial charge in [-0.3, -0.25) is 0 Å². The number of hydrogen-bond donors (Lipinski definition) is 0. The lowest BCUT2D eigenvalue weighted by Crippen LogP contribution is -2.34. The molecule has 0 N–H and O–H groups in total. The van der Waals surface area contributed by atoms with E-state index in [1.54, 1.807) is 6.92 Å². The Balaban J connectivity index is 4.23. The molecule has 0 bridgehead atoms. The molecule has 0 aliphatic heterocycles. The molecular weight excluding hydrogens is 232 g/mol. The van der Waals surface area contributed by atoms with Crippen LogP contribution in [0.5, 0.6) is 0 Å². The number of carbonyl (C=O) groups excluding carboxylic acids is 1. The molecule has 0 saturated carbocycles. The highest BCUT2D eigenvalue weighted by atomic mass is 17.2. The topological polar surface area (TPSA) is 44.8 Å². The molecule has 0 fully saturated rings. The Labute approximate surface area is 110 Å². The van der Waals surface area contributed by atoms with E-state index < -0.39 is 5.60 Å². The largest absolute Gasteiger partial charge is 0.459 e. The van der Waals surface area contributed by atoms with Gasteiger partial charge in [0.05, 0.1) is 5.60 Å². The first-order chi connectivity index (χ1) is 7.93. The van der Waals surface area contributed by atoms with Crippen LogP contribution >= 0.6 is 0 Å². The van der Waals surface area contributed by atoms with Crippen LogP contribution in [0, 0.1) is 0 Å². The molecule has 0 aliphatic carbocycles. The highest BCUT2D eigenvalue weighted by Gasteiger charge is 2.27. The van der Waals surface area contributed by atoms with Crippen molar-refractivity contribution < 1.29 is 19.3 Å². The summed E-state index contributed by atoms with van der Waals surface area (Å²) >= 11 is 0. The Morgan fingerprint density at radius 1 is 1.17 bits per heavy atom. The number of ether oxygens (including phenoxy) is 1. The van der Waals surface area contributed by atoms with Crippen molar-refractivity contribution in [3.63, 3.8) is 0 Å². The van der Waals surface area contributed by atoms with E-state index in [-0.39, 0.29) is 17.7 Å². The molecule has 0 rings (SSSR count). The van der Waals surface area contributed by atoms with Crippen LogP contribution in [-0.2, 0) is 19.3 Å². The molecule has 0 spiro atoms. The van der Waals surface area contributed by atoms with Crippen LogP contribution in [-0.4, -0.2) is 23.3 Å². The molecule has 0 aromatic rings. The van der Waals surface area contributed by atoms with Gasteiger partial charge in [0.1, 0.15) is 11.7 Å². The fraction of sp³-hybridized carbons (Fsp3) is 0.786. The molecular formula is C14H26O4. The van der Waals surface area contributed by atoms with Crippen molar-refractivity contribution in [3.8, 4) is 0 Å². The molecule has 0 aliphatic rings. The van der Waals surface area contributed by atoms with Crippen molar-refractivity contribution in [2.75, 3.05) is 0 Å².